The van der Waals surface area contributed by atoms with Gasteiger partial charge < -0.3 is 14.2 Å². The van der Waals surface area contributed by atoms with Crippen molar-refractivity contribution >= 4 is 17.9 Å². The average Bonchev–Trinajstić information content (AvgIpc) is 3.33. The second-order valence-corrected chi connectivity index (χ2v) is 18.5. The average molecular weight is 933 g/mol. The lowest BCUT2D eigenvalue weighted by Crippen LogP contribution is -2.30. The molecule has 0 saturated carbocycles. The predicted octanol–water partition coefficient (Wildman–Crippen LogP) is 18.8. The van der Waals surface area contributed by atoms with Crippen LogP contribution in [0.3, 0.4) is 0 Å². The van der Waals surface area contributed by atoms with Crippen LogP contribution in [0.25, 0.3) is 0 Å². The highest BCUT2D eigenvalue weighted by Gasteiger charge is 2.19. The van der Waals surface area contributed by atoms with Crippen LogP contribution in [0, 0.1) is 0 Å². The van der Waals surface area contributed by atoms with E-state index in [-0.39, 0.29) is 37.5 Å². The Labute approximate surface area is 414 Å². The molecule has 0 aromatic carbocycles. The first kappa shape index (κ1) is 63.6. The summed E-state index contributed by atoms with van der Waals surface area (Å²) in [5.41, 5.74) is 0. The van der Waals surface area contributed by atoms with E-state index in [0.29, 0.717) is 19.3 Å². The number of hydrogen-bond acceptors (Lipinski definition) is 6. The van der Waals surface area contributed by atoms with Gasteiger partial charge in [0.2, 0.25) is 0 Å². The molecule has 0 aromatic heterocycles. The quantitative estimate of drug-likeness (QED) is 0.0262. The fourth-order valence-electron chi connectivity index (χ4n) is 7.68. The van der Waals surface area contributed by atoms with E-state index in [4.69, 9.17) is 14.2 Å². The van der Waals surface area contributed by atoms with Crippen molar-refractivity contribution in [2.24, 2.45) is 0 Å². The Bertz CT molecular complexity index is 1300. The van der Waals surface area contributed by atoms with Gasteiger partial charge in [0.15, 0.2) is 6.10 Å². The van der Waals surface area contributed by atoms with Crippen molar-refractivity contribution in [3.8, 4) is 0 Å². The summed E-state index contributed by atoms with van der Waals surface area (Å²) in [6, 6.07) is 0. The Morgan fingerprint density at radius 1 is 0.313 bits per heavy atom. The maximum Gasteiger partial charge on any atom is 0.306 e. The van der Waals surface area contributed by atoms with Crippen LogP contribution in [0.1, 0.15) is 265 Å². The van der Waals surface area contributed by atoms with Gasteiger partial charge >= 0.3 is 17.9 Å². The number of esters is 3. The molecule has 0 aromatic rings. The summed E-state index contributed by atoms with van der Waals surface area (Å²) in [5, 5.41) is 0. The summed E-state index contributed by atoms with van der Waals surface area (Å²) in [6.07, 6.45) is 71.4. The van der Waals surface area contributed by atoms with Gasteiger partial charge in [-0.1, -0.05) is 241 Å². The Morgan fingerprint density at radius 3 is 1.00 bits per heavy atom. The molecule has 0 saturated heterocycles. The van der Waals surface area contributed by atoms with E-state index >= 15 is 0 Å². The topological polar surface area (TPSA) is 78.9 Å². The second-order valence-electron chi connectivity index (χ2n) is 18.5. The number of carbonyl (C=O) groups excluding carboxylic acids is 3. The standard InChI is InChI=1S/C61H104O6/c1-4-7-10-13-16-19-22-25-27-29-30-32-34-37-39-42-45-48-51-54-60(63)66-57-58(67-61(64)55-52-49-46-43-40-35-24-21-18-15-12-9-6-3)56-65-59(62)53-50-47-44-41-38-36-33-31-28-26-23-20-17-14-11-8-5-2/h8,11,16-17,19-20,25-28,33,36,41,44,58H,4-7,9-10,12-15,18,21-24,29-32,34-35,37-40,42-43,45-57H2,1-3H3/b11-8-,19-16-,20-17-,27-25-,28-26-,36-33-,44-41-/t58-/m1/s1. The zero-order valence-corrected chi connectivity index (χ0v) is 43.9. The van der Waals surface area contributed by atoms with Gasteiger partial charge in [-0.25, -0.2) is 0 Å². The van der Waals surface area contributed by atoms with Crippen LogP contribution in [-0.2, 0) is 28.6 Å². The molecule has 0 unspecified atom stereocenters. The smallest absolute Gasteiger partial charge is 0.306 e. The Kier molecular flexibility index (Phi) is 52.4. The molecule has 384 valence electrons. The highest BCUT2D eigenvalue weighted by Crippen LogP contribution is 2.15. The Balaban J connectivity index is 4.43. The van der Waals surface area contributed by atoms with Crippen LogP contribution in [0.15, 0.2) is 85.1 Å². The molecule has 0 bridgehead atoms. The van der Waals surface area contributed by atoms with Crippen molar-refractivity contribution < 1.29 is 28.6 Å². The summed E-state index contributed by atoms with van der Waals surface area (Å²) in [4.78, 5) is 38.1. The largest absolute Gasteiger partial charge is 0.462 e. The lowest BCUT2D eigenvalue weighted by molar-refractivity contribution is -0.167. The molecule has 1 atom stereocenters. The molecule has 0 fully saturated rings. The first-order valence-electron chi connectivity index (χ1n) is 28.1. The molecule has 6 heteroatoms. The van der Waals surface area contributed by atoms with Crippen molar-refractivity contribution in [1.29, 1.82) is 0 Å². The lowest BCUT2D eigenvalue weighted by Gasteiger charge is -2.18. The molecule has 6 nitrogen and oxygen atoms in total. The molecule has 0 spiro atoms. The van der Waals surface area contributed by atoms with Gasteiger partial charge in [-0.3, -0.25) is 14.4 Å². The molecule has 0 aliphatic heterocycles. The molecule has 0 radical (unpaired) electrons. The van der Waals surface area contributed by atoms with E-state index in [9.17, 15) is 14.4 Å². The van der Waals surface area contributed by atoms with Crippen LogP contribution in [0.4, 0.5) is 0 Å². The molecular weight excluding hydrogens is 829 g/mol. The van der Waals surface area contributed by atoms with Gasteiger partial charge in [-0.2, -0.15) is 0 Å². The van der Waals surface area contributed by atoms with Crippen LogP contribution in [-0.4, -0.2) is 37.2 Å². The maximum absolute atomic E-state index is 12.8. The molecule has 0 N–H and O–H groups in total. The number of unbranched alkanes of at least 4 members (excludes halogenated alkanes) is 25. The highest BCUT2D eigenvalue weighted by molar-refractivity contribution is 5.71. The minimum atomic E-state index is -0.799. The monoisotopic (exact) mass is 933 g/mol. The van der Waals surface area contributed by atoms with Crippen LogP contribution < -0.4 is 0 Å². The van der Waals surface area contributed by atoms with Crippen molar-refractivity contribution in [1.82, 2.24) is 0 Å². The van der Waals surface area contributed by atoms with E-state index in [2.05, 4.69) is 106 Å². The summed E-state index contributed by atoms with van der Waals surface area (Å²) in [5.74, 6) is -0.954. The molecule has 0 aliphatic carbocycles. The van der Waals surface area contributed by atoms with Crippen molar-refractivity contribution in [2.75, 3.05) is 13.2 Å². The summed E-state index contributed by atoms with van der Waals surface area (Å²) < 4.78 is 16.8. The first-order chi connectivity index (χ1) is 33.0. The molecule has 0 amide bonds. The van der Waals surface area contributed by atoms with Crippen molar-refractivity contribution in [3.63, 3.8) is 0 Å². The molecule has 0 rings (SSSR count). The molecule has 0 heterocycles. The number of hydrogen-bond donors (Lipinski definition) is 0. The Morgan fingerprint density at radius 2 is 0.597 bits per heavy atom. The van der Waals surface area contributed by atoms with Crippen LogP contribution in [0.2, 0.25) is 0 Å². The van der Waals surface area contributed by atoms with Crippen LogP contribution >= 0.6 is 0 Å². The van der Waals surface area contributed by atoms with Gasteiger partial charge in [0.25, 0.3) is 0 Å². The third-order valence-electron chi connectivity index (χ3n) is 11.9. The number of rotatable bonds is 50. The summed E-state index contributed by atoms with van der Waals surface area (Å²) >= 11 is 0. The van der Waals surface area contributed by atoms with E-state index in [1.165, 1.54) is 135 Å². The SMILES string of the molecule is CC/C=C\C/C=C\C/C=C\C/C=C\C/C=C\CCCC(=O)OC[C@H](COC(=O)CCCCCCCCCCC/C=C\C/C=C\CCCCC)OC(=O)CCCCCCCCCCCCCCC. The second kappa shape index (κ2) is 55.2. The van der Waals surface area contributed by atoms with Gasteiger partial charge in [0.05, 0.1) is 0 Å². The normalized spacial score (nSPS) is 12.7. The molecular formula is C61H104O6. The minimum Gasteiger partial charge on any atom is -0.462 e. The third-order valence-corrected chi connectivity index (χ3v) is 11.9. The first-order valence-corrected chi connectivity index (χ1v) is 28.1. The number of carbonyl (C=O) groups is 3. The number of ether oxygens (including phenoxy) is 3. The molecule has 0 aliphatic rings. The van der Waals surface area contributed by atoms with E-state index in [1.54, 1.807) is 0 Å². The fraction of sp³-hybridized carbons (Fsp3) is 0.721. The summed E-state index contributed by atoms with van der Waals surface area (Å²) in [6.45, 7) is 6.46. The zero-order valence-electron chi connectivity index (χ0n) is 43.9. The lowest BCUT2D eigenvalue weighted by atomic mass is 10.0. The van der Waals surface area contributed by atoms with E-state index < -0.39 is 6.10 Å². The van der Waals surface area contributed by atoms with Crippen molar-refractivity contribution in [2.45, 2.75) is 271 Å². The number of allylic oxidation sites excluding steroid dienone is 14. The Hall–Kier alpha value is -3.41. The maximum atomic E-state index is 12.8. The van der Waals surface area contributed by atoms with Gasteiger partial charge in [-0.05, 0) is 89.9 Å². The van der Waals surface area contributed by atoms with Crippen molar-refractivity contribution in [3.05, 3.63) is 85.1 Å². The van der Waals surface area contributed by atoms with E-state index in [1.807, 2.05) is 0 Å². The zero-order chi connectivity index (χ0) is 48.6. The molecule has 67 heavy (non-hydrogen) atoms. The minimum absolute atomic E-state index is 0.0948. The highest BCUT2D eigenvalue weighted by atomic mass is 16.6. The predicted molar refractivity (Wildman–Crippen MR) is 288 cm³/mol. The summed E-state index contributed by atoms with van der Waals surface area (Å²) in [7, 11) is 0. The van der Waals surface area contributed by atoms with Gasteiger partial charge in [0.1, 0.15) is 13.2 Å². The van der Waals surface area contributed by atoms with E-state index in [0.717, 1.165) is 83.5 Å². The third kappa shape index (κ3) is 53.4. The van der Waals surface area contributed by atoms with Crippen LogP contribution in [0.5, 0.6) is 0 Å². The van der Waals surface area contributed by atoms with Gasteiger partial charge in [0, 0.05) is 19.3 Å². The van der Waals surface area contributed by atoms with Gasteiger partial charge in [-0.15, -0.1) is 0 Å². The fourth-order valence-corrected chi connectivity index (χ4v) is 7.68.